The number of amides is 1. The predicted molar refractivity (Wildman–Crippen MR) is 91.9 cm³/mol. The number of nitrogen functional groups attached to an aromatic ring is 1. The number of anilines is 1. The van der Waals surface area contributed by atoms with Crippen LogP contribution < -0.4 is 11.2 Å². The van der Waals surface area contributed by atoms with Crippen LogP contribution in [-0.4, -0.2) is 21.6 Å². The largest absolute Gasteiger partial charge is 0.383 e. The van der Waals surface area contributed by atoms with Crippen LogP contribution in [0.4, 0.5) is 5.82 Å². The smallest absolute Gasteiger partial charge is 0.254 e. The maximum Gasteiger partial charge on any atom is 0.254 e. The Hall–Kier alpha value is -2.16. The summed E-state index contributed by atoms with van der Waals surface area (Å²) in [6, 6.07) is 11.5. The van der Waals surface area contributed by atoms with E-state index in [9.17, 15) is 4.79 Å². The molecule has 1 aromatic carbocycles. The molecule has 3 rings (SSSR count). The molecule has 6 nitrogen and oxygen atoms in total. The van der Waals surface area contributed by atoms with Gasteiger partial charge in [-0.15, -0.1) is 11.3 Å². The molecule has 0 spiro atoms. The van der Waals surface area contributed by atoms with Gasteiger partial charge < -0.3 is 5.73 Å². The van der Waals surface area contributed by atoms with Crippen molar-refractivity contribution in [2.24, 2.45) is 0 Å². The summed E-state index contributed by atoms with van der Waals surface area (Å²) in [6.07, 6.45) is 0. The molecule has 2 heterocycles. The molecule has 8 heteroatoms. The highest BCUT2D eigenvalue weighted by Gasteiger charge is 2.09. The average Bonchev–Trinajstić information content (AvgIpc) is 3.03. The average molecular weight is 346 g/mol. The fraction of sp³-hybridized carbons (Fsp3) is 0.133. The minimum Gasteiger partial charge on any atom is -0.383 e. The third-order valence-corrected chi connectivity index (χ3v) is 4.59. The number of nitrogens with one attached hydrogen (secondary N) is 1. The van der Waals surface area contributed by atoms with Gasteiger partial charge in [0, 0.05) is 0 Å². The number of nitrogens with two attached hydrogens (primary N) is 1. The number of thioether (sulfide) groups is 1. The number of fused-ring (bicyclic) bond motifs is 1. The number of hydroxylamine groups is 1. The van der Waals surface area contributed by atoms with Gasteiger partial charge in [0.2, 0.25) is 0 Å². The molecule has 118 valence electrons. The fourth-order valence-electron chi connectivity index (χ4n) is 1.86. The molecule has 0 saturated carbocycles. The van der Waals surface area contributed by atoms with Crippen molar-refractivity contribution in [1.29, 1.82) is 0 Å². The van der Waals surface area contributed by atoms with Crippen LogP contribution in [0.25, 0.3) is 10.2 Å². The topological polar surface area (TPSA) is 90.1 Å². The van der Waals surface area contributed by atoms with Gasteiger partial charge >= 0.3 is 0 Å². The number of rotatable bonds is 6. The van der Waals surface area contributed by atoms with Crippen LogP contribution in [0.1, 0.15) is 5.56 Å². The molecule has 3 N–H and O–H groups in total. The molecule has 0 aliphatic carbocycles. The van der Waals surface area contributed by atoms with Crippen LogP contribution in [0.2, 0.25) is 0 Å². The maximum atomic E-state index is 11.8. The number of carbonyl (C=O) groups is 1. The number of hydrogen-bond donors (Lipinski definition) is 2. The molecule has 23 heavy (non-hydrogen) atoms. The van der Waals surface area contributed by atoms with E-state index in [1.807, 2.05) is 41.8 Å². The van der Waals surface area contributed by atoms with Gasteiger partial charge in [-0.2, -0.15) is 0 Å². The molecular weight excluding hydrogens is 332 g/mol. The van der Waals surface area contributed by atoms with E-state index in [4.69, 9.17) is 10.6 Å². The van der Waals surface area contributed by atoms with Crippen LogP contribution in [-0.2, 0) is 16.2 Å². The lowest BCUT2D eigenvalue weighted by atomic mass is 10.2. The van der Waals surface area contributed by atoms with Crippen molar-refractivity contribution in [3.8, 4) is 0 Å². The first-order valence-electron chi connectivity index (χ1n) is 6.80. The van der Waals surface area contributed by atoms with Crippen LogP contribution in [0, 0.1) is 0 Å². The summed E-state index contributed by atoms with van der Waals surface area (Å²) in [7, 11) is 0. The van der Waals surface area contributed by atoms with Gasteiger partial charge in [0.05, 0.1) is 17.7 Å². The molecular formula is C15H14N4O2S2. The molecule has 0 fully saturated rings. The van der Waals surface area contributed by atoms with Gasteiger partial charge in [-0.25, -0.2) is 15.4 Å². The van der Waals surface area contributed by atoms with E-state index in [0.717, 1.165) is 15.8 Å². The number of nitrogens with zero attached hydrogens (tertiary/aromatic N) is 2. The van der Waals surface area contributed by atoms with Crippen LogP contribution in [0.3, 0.4) is 0 Å². The van der Waals surface area contributed by atoms with E-state index in [1.54, 1.807) is 0 Å². The molecule has 1 amide bonds. The number of thiophene rings is 1. The van der Waals surface area contributed by atoms with E-state index in [0.29, 0.717) is 17.6 Å². The third-order valence-electron chi connectivity index (χ3n) is 2.93. The SMILES string of the molecule is Nc1nc(SCC(=O)NOCc2ccccc2)nc2sccc12. The second kappa shape index (κ2) is 7.40. The molecule has 0 atom stereocenters. The Morgan fingerprint density at radius 3 is 2.91 bits per heavy atom. The lowest BCUT2D eigenvalue weighted by molar-refractivity contribution is -0.131. The van der Waals surface area contributed by atoms with Gasteiger partial charge in [0.15, 0.2) is 5.16 Å². The van der Waals surface area contributed by atoms with Crippen molar-refractivity contribution in [1.82, 2.24) is 15.4 Å². The summed E-state index contributed by atoms with van der Waals surface area (Å²) >= 11 is 2.71. The van der Waals surface area contributed by atoms with Crippen molar-refractivity contribution in [2.75, 3.05) is 11.5 Å². The van der Waals surface area contributed by atoms with E-state index in [-0.39, 0.29) is 11.7 Å². The molecule has 0 unspecified atom stereocenters. The molecule has 0 aliphatic rings. The molecule has 2 aromatic heterocycles. The summed E-state index contributed by atoms with van der Waals surface area (Å²) in [5.74, 6) is 0.337. The predicted octanol–water partition coefficient (Wildman–Crippen LogP) is 2.61. The second-order valence-electron chi connectivity index (χ2n) is 4.62. The van der Waals surface area contributed by atoms with E-state index < -0.39 is 0 Å². The molecule has 0 radical (unpaired) electrons. The summed E-state index contributed by atoms with van der Waals surface area (Å²) in [6.45, 7) is 0.321. The number of carbonyl (C=O) groups excluding carboxylic acids is 1. The molecule has 0 saturated heterocycles. The van der Waals surface area contributed by atoms with Gasteiger partial charge in [-0.05, 0) is 17.0 Å². The minimum atomic E-state index is -0.251. The zero-order valence-electron chi connectivity index (χ0n) is 12.1. The second-order valence-corrected chi connectivity index (χ2v) is 6.46. The summed E-state index contributed by atoms with van der Waals surface area (Å²) in [5, 5.41) is 3.24. The van der Waals surface area contributed by atoms with Gasteiger partial charge in [-0.3, -0.25) is 9.63 Å². The minimum absolute atomic E-state index is 0.158. The standard InChI is InChI=1S/C15H14N4O2S2/c16-13-11-6-7-22-14(11)18-15(17-13)23-9-12(20)19-21-8-10-4-2-1-3-5-10/h1-7H,8-9H2,(H,19,20)(H2,16,17,18). The van der Waals surface area contributed by atoms with Gasteiger partial charge in [-0.1, -0.05) is 42.1 Å². The Bertz CT molecular complexity index is 808. The lowest BCUT2D eigenvalue weighted by Gasteiger charge is -2.06. The van der Waals surface area contributed by atoms with Crippen molar-refractivity contribution in [3.05, 3.63) is 47.3 Å². The van der Waals surface area contributed by atoms with Crippen LogP contribution in [0.5, 0.6) is 0 Å². The number of aromatic nitrogens is 2. The first kappa shape index (κ1) is 15.7. The van der Waals surface area contributed by atoms with Gasteiger partial charge in [0.1, 0.15) is 10.6 Å². The van der Waals surface area contributed by atoms with Crippen LogP contribution in [0.15, 0.2) is 46.9 Å². The third kappa shape index (κ3) is 4.19. The molecule has 3 aromatic rings. The Balaban J connectivity index is 1.48. The van der Waals surface area contributed by atoms with Gasteiger partial charge in [0.25, 0.3) is 5.91 Å². The first-order chi connectivity index (χ1) is 11.2. The van der Waals surface area contributed by atoms with E-state index >= 15 is 0 Å². The molecule has 0 aliphatic heterocycles. The van der Waals surface area contributed by atoms with E-state index in [1.165, 1.54) is 23.1 Å². The Labute approximate surface area is 141 Å². The van der Waals surface area contributed by atoms with Crippen molar-refractivity contribution >= 4 is 45.0 Å². The highest BCUT2D eigenvalue weighted by Crippen LogP contribution is 2.26. The zero-order chi connectivity index (χ0) is 16.1. The summed E-state index contributed by atoms with van der Waals surface area (Å²) in [5.41, 5.74) is 9.26. The quantitative estimate of drug-likeness (QED) is 0.405. The number of hydrogen-bond acceptors (Lipinski definition) is 7. The summed E-state index contributed by atoms with van der Waals surface area (Å²) < 4.78 is 0. The van der Waals surface area contributed by atoms with Crippen molar-refractivity contribution in [3.63, 3.8) is 0 Å². The summed E-state index contributed by atoms with van der Waals surface area (Å²) in [4.78, 5) is 26.3. The number of benzene rings is 1. The normalized spacial score (nSPS) is 10.8. The maximum absolute atomic E-state index is 11.8. The Morgan fingerprint density at radius 2 is 2.09 bits per heavy atom. The van der Waals surface area contributed by atoms with Crippen LogP contribution >= 0.6 is 23.1 Å². The fourth-order valence-corrected chi connectivity index (χ4v) is 3.32. The van der Waals surface area contributed by atoms with E-state index in [2.05, 4.69) is 15.4 Å². The van der Waals surface area contributed by atoms with Crippen molar-refractivity contribution in [2.45, 2.75) is 11.8 Å². The first-order valence-corrected chi connectivity index (χ1v) is 8.67. The zero-order valence-corrected chi connectivity index (χ0v) is 13.7. The highest BCUT2D eigenvalue weighted by atomic mass is 32.2. The highest BCUT2D eigenvalue weighted by molar-refractivity contribution is 7.99. The monoisotopic (exact) mass is 346 g/mol. The lowest BCUT2D eigenvalue weighted by Crippen LogP contribution is -2.25. The Morgan fingerprint density at radius 1 is 1.26 bits per heavy atom. The Kier molecular flexibility index (Phi) is 5.06. The molecule has 0 bridgehead atoms. The van der Waals surface area contributed by atoms with Crippen molar-refractivity contribution < 1.29 is 9.63 Å².